The van der Waals surface area contributed by atoms with Gasteiger partial charge in [0.25, 0.3) is 5.91 Å². The van der Waals surface area contributed by atoms with E-state index in [2.05, 4.69) is 10.2 Å². The van der Waals surface area contributed by atoms with Gasteiger partial charge in [0, 0.05) is 26.2 Å². The molecule has 1 amide bonds. The Bertz CT molecular complexity index is 1080. The third-order valence-corrected chi connectivity index (χ3v) is 8.18. The fraction of sp³-hybridized carbons (Fsp3) is 0.381. The first-order valence-corrected chi connectivity index (χ1v) is 12.3. The van der Waals surface area contributed by atoms with Crippen molar-refractivity contribution in [3.63, 3.8) is 0 Å². The Kier molecular flexibility index (Phi) is 6.74. The molecule has 2 saturated heterocycles. The molecule has 2 aromatic carbocycles. The molecule has 166 valence electrons. The number of sulfonamides is 1. The molecular formula is C21H23Cl2N3O4S. The molecule has 2 aliphatic rings. The molecule has 2 aliphatic heterocycles. The molecule has 7 nitrogen and oxygen atoms in total. The number of carbonyl (C=O) groups excluding carboxylic acids is 1. The summed E-state index contributed by atoms with van der Waals surface area (Å²) in [5.41, 5.74) is 1.44. The van der Waals surface area contributed by atoms with E-state index < -0.39 is 15.9 Å². The zero-order valence-corrected chi connectivity index (χ0v) is 19.1. The minimum absolute atomic E-state index is 0.129. The molecule has 2 heterocycles. The third-order valence-electron chi connectivity index (χ3n) is 5.47. The van der Waals surface area contributed by atoms with E-state index in [1.807, 2.05) is 0 Å². The summed E-state index contributed by atoms with van der Waals surface area (Å²) in [6.07, 6.45) is 2.09. The monoisotopic (exact) mass is 483 g/mol. The lowest BCUT2D eigenvalue weighted by atomic mass is 10.2. The number of morpholine rings is 1. The number of carbonyl (C=O) groups is 1. The van der Waals surface area contributed by atoms with Crippen molar-refractivity contribution >= 4 is 50.5 Å². The quantitative estimate of drug-likeness (QED) is 0.698. The Balaban J connectivity index is 1.70. The SMILES string of the molecule is O=C(Nc1cc(S(=O)(=O)N2CCOCC2)ccc1N1CCCC1)c1cccc(Cl)c1Cl. The summed E-state index contributed by atoms with van der Waals surface area (Å²) >= 11 is 12.3. The van der Waals surface area contributed by atoms with Crippen LogP contribution in [0.5, 0.6) is 0 Å². The lowest BCUT2D eigenvalue weighted by Crippen LogP contribution is -2.40. The van der Waals surface area contributed by atoms with Gasteiger partial charge in [0.1, 0.15) is 0 Å². The fourth-order valence-corrected chi connectivity index (χ4v) is 5.64. The number of rotatable bonds is 5. The first-order valence-electron chi connectivity index (χ1n) is 10.1. The van der Waals surface area contributed by atoms with Crippen molar-refractivity contribution in [1.29, 1.82) is 0 Å². The number of hydrogen-bond acceptors (Lipinski definition) is 5. The standard InChI is InChI=1S/C21H23Cl2N3O4S/c22-17-5-3-4-16(20(17)23)21(27)24-18-14-15(6-7-19(18)25-8-1-2-9-25)31(28,29)26-10-12-30-13-11-26/h3-7,14H,1-2,8-13H2,(H,24,27). The summed E-state index contributed by atoms with van der Waals surface area (Å²) in [4.78, 5) is 15.2. The maximum Gasteiger partial charge on any atom is 0.257 e. The first-order chi connectivity index (χ1) is 14.9. The molecule has 1 N–H and O–H groups in total. The molecule has 2 fully saturated rings. The zero-order valence-electron chi connectivity index (χ0n) is 16.8. The predicted molar refractivity (Wildman–Crippen MR) is 122 cm³/mol. The molecule has 0 aliphatic carbocycles. The maximum atomic E-state index is 13.1. The number of ether oxygens (including phenoxy) is 1. The second-order valence-electron chi connectivity index (χ2n) is 7.45. The van der Waals surface area contributed by atoms with Gasteiger partial charge in [-0.1, -0.05) is 29.3 Å². The van der Waals surface area contributed by atoms with Gasteiger partial charge in [0.15, 0.2) is 0 Å². The van der Waals surface area contributed by atoms with Gasteiger partial charge in [-0.25, -0.2) is 8.42 Å². The lowest BCUT2D eigenvalue weighted by Gasteiger charge is -2.27. The van der Waals surface area contributed by atoms with Crippen molar-refractivity contribution in [2.24, 2.45) is 0 Å². The first kappa shape index (κ1) is 22.4. The molecular weight excluding hydrogens is 461 g/mol. The topological polar surface area (TPSA) is 79.0 Å². The van der Waals surface area contributed by atoms with Gasteiger partial charge in [-0.05, 0) is 43.2 Å². The highest BCUT2D eigenvalue weighted by atomic mass is 35.5. The van der Waals surface area contributed by atoms with Gasteiger partial charge in [0.2, 0.25) is 10.0 Å². The van der Waals surface area contributed by atoms with Gasteiger partial charge in [-0.2, -0.15) is 4.31 Å². The molecule has 2 aromatic rings. The molecule has 0 bridgehead atoms. The van der Waals surface area contributed by atoms with Crippen molar-refractivity contribution in [3.05, 3.63) is 52.0 Å². The average molecular weight is 484 g/mol. The predicted octanol–water partition coefficient (Wildman–Crippen LogP) is 3.87. The molecule has 31 heavy (non-hydrogen) atoms. The minimum atomic E-state index is -3.70. The van der Waals surface area contributed by atoms with Crippen molar-refractivity contribution in [2.75, 3.05) is 49.6 Å². The van der Waals surface area contributed by atoms with Crippen LogP contribution in [0.15, 0.2) is 41.3 Å². The maximum absolute atomic E-state index is 13.1. The van der Waals surface area contributed by atoms with Crippen LogP contribution in [0.2, 0.25) is 10.0 Å². The Morgan fingerprint density at radius 1 is 1.00 bits per heavy atom. The van der Waals surface area contributed by atoms with Crippen molar-refractivity contribution in [2.45, 2.75) is 17.7 Å². The van der Waals surface area contributed by atoms with E-state index in [1.54, 1.807) is 30.3 Å². The fourth-order valence-electron chi connectivity index (χ4n) is 3.81. The van der Waals surface area contributed by atoms with Crippen molar-refractivity contribution in [1.82, 2.24) is 4.31 Å². The summed E-state index contributed by atoms with van der Waals surface area (Å²) in [5.74, 6) is -0.450. The molecule has 10 heteroatoms. The van der Waals surface area contributed by atoms with Crippen LogP contribution in [0, 0.1) is 0 Å². The molecule has 0 aromatic heterocycles. The van der Waals surface area contributed by atoms with Gasteiger partial charge < -0.3 is 15.0 Å². The van der Waals surface area contributed by atoms with Crippen LogP contribution in [0.25, 0.3) is 0 Å². The second-order valence-corrected chi connectivity index (χ2v) is 10.2. The van der Waals surface area contributed by atoms with Crippen molar-refractivity contribution < 1.29 is 17.9 Å². The summed E-state index contributed by atoms with van der Waals surface area (Å²) in [6.45, 7) is 3.02. The number of nitrogens with one attached hydrogen (secondary N) is 1. The van der Waals surface area contributed by atoms with E-state index in [0.29, 0.717) is 32.0 Å². The third kappa shape index (κ3) is 4.68. The van der Waals surface area contributed by atoms with E-state index in [-0.39, 0.29) is 20.5 Å². The van der Waals surface area contributed by atoms with Gasteiger partial charge in [-0.3, -0.25) is 4.79 Å². The van der Waals surface area contributed by atoms with Crippen LogP contribution in [-0.4, -0.2) is 58.0 Å². The van der Waals surface area contributed by atoms with Crippen LogP contribution < -0.4 is 10.2 Å². The number of benzene rings is 2. The normalized spacial score (nSPS) is 17.7. The number of hydrogen-bond donors (Lipinski definition) is 1. The van der Waals surface area contributed by atoms with Crippen LogP contribution in [0.1, 0.15) is 23.2 Å². The van der Waals surface area contributed by atoms with E-state index in [1.165, 1.54) is 10.4 Å². The number of amides is 1. The van der Waals surface area contributed by atoms with Gasteiger partial charge in [-0.15, -0.1) is 0 Å². The highest BCUT2D eigenvalue weighted by Gasteiger charge is 2.28. The summed E-state index contributed by atoms with van der Waals surface area (Å²) in [5, 5.41) is 3.29. The Morgan fingerprint density at radius 2 is 1.71 bits per heavy atom. The number of nitrogens with zero attached hydrogens (tertiary/aromatic N) is 2. The summed E-state index contributed by atoms with van der Waals surface area (Å²) in [6, 6.07) is 9.70. The molecule has 0 radical (unpaired) electrons. The second kappa shape index (κ2) is 9.34. The molecule has 0 saturated carbocycles. The molecule has 4 rings (SSSR count). The highest BCUT2D eigenvalue weighted by molar-refractivity contribution is 7.89. The molecule has 0 spiro atoms. The van der Waals surface area contributed by atoms with Crippen LogP contribution in [0.3, 0.4) is 0 Å². The Labute approximate surface area is 191 Å². The molecule has 0 unspecified atom stereocenters. The average Bonchev–Trinajstić information content (AvgIpc) is 3.31. The van der Waals surface area contributed by atoms with Gasteiger partial charge in [0.05, 0.1) is 45.1 Å². The van der Waals surface area contributed by atoms with Crippen LogP contribution >= 0.6 is 23.2 Å². The zero-order chi connectivity index (χ0) is 22.0. The van der Waals surface area contributed by atoms with E-state index in [9.17, 15) is 13.2 Å². The van der Waals surface area contributed by atoms with E-state index in [0.717, 1.165) is 31.6 Å². The Hall–Kier alpha value is -1.84. The lowest BCUT2D eigenvalue weighted by molar-refractivity contribution is 0.0730. The van der Waals surface area contributed by atoms with E-state index >= 15 is 0 Å². The van der Waals surface area contributed by atoms with E-state index in [4.69, 9.17) is 27.9 Å². The Morgan fingerprint density at radius 3 is 2.42 bits per heavy atom. The number of anilines is 2. The summed E-state index contributed by atoms with van der Waals surface area (Å²) < 4.78 is 32.9. The smallest absolute Gasteiger partial charge is 0.257 e. The largest absolute Gasteiger partial charge is 0.379 e. The van der Waals surface area contributed by atoms with Crippen LogP contribution in [0.4, 0.5) is 11.4 Å². The number of halogens is 2. The summed E-state index contributed by atoms with van der Waals surface area (Å²) in [7, 11) is -3.70. The van der Waals surface area contributed by atoms with Gasteiger partial charge >= 0.3 is 0 Å². The van der Waals surface area contributed by atoms with Crippen LogP contribution in [-0.2, 0) is 14.8 Å². The molecule has 0 atom stereocenters. The van der Waals surface area contributed by atoms with Crippen molar-refractivity contribution in [3.8, 4) is 0 Å². The minimum Gasteiger partial charge on any atom is -0.379 e. The highest BCUT2D eigenvalue weighted by Crippen LogP contribution is 2.34.